The molecule has 0 fully saturated rings. The van der Waals surface area contributed by atoms with E-state index in [4.69, 9.17) is 0 Å². The van der Waals surface area contributed by atoms with Crippen LogP contribution in [0.2, 0.25) is 0 Å². The van der Waals surface area contributed by atoms with Gasteiger partial charge < -0.3 is 10.6 Å². The van der Waals surface area contributed by atoms with Gasteiger partial charge in [-0.1, -0.05) is 0 Å². The number of thiophene rings is 1. The zero-order valence-corrected chi connectivity index (χ0v) is 18.8. The highest BCUT2D eigenvalue weighted by Gasteiger charge is 2.01. The van der Waals surface area contributed by atoms with Gasteiger partial charge in [0.1, 0.15) is 0 Å². The van der Waals surface area contributed by atoms with Gasteiger partial charge in [-0.2, -0.15) is 0 Å². The molecule has 0 aliphatic heterocycles. The molecule has 4 nitrogen and oxygen atoms in total. The molecular formula is C15H22BrIN4S2. The Balaban J connectivity index is 0.00000264. The van der Waals surface area contributed by atoms with E-state index in [9.17, 15) is 0 Å². The maximum absolute atomic E-state index is 4.62. The summed E-state index contributed by atoms with van der Waals surface area (Å²) < 4.78 is 1.18. The summed E-state index contributed by atoms with van der Waals surface area (Å²) in [6, 6.07) is 4.23. The van der Waals surface area contributed by atoms with Crippen molar-refractivity contribution in [2.45, 2.75) is 26.7 Å². The Labute approximate surface area is 171 Å². The Morgan fingerprint density at radius 2 is 2.13 bits per heavy atom. The summed E-state index contributed by atoms with van der Waals surface area (Å²) in [5.41, 5.74) is 1.15. The van der Waals surface area contributed by atoms with Crippen LogP contribution in [0.15, 0.2) is 26.3 Å². The largest absolute Gasteiger partial charge is 0.357 e. The first-order chi connectivity index (χ1) is 10.7. The van der Waals surface area contributed by atoms with Crippen LogP contribution in [0.25, 0.3) is 0 Å². The molecule has 0 aliphatic carbocycles. The molecule has 8 heteroatoms. The lowest BCUT2D eigenvalue weighted by molar-refractivity contribution is 0.788. The zero-order chi connectivity index (χ0) is 15.8. The Bertz CT molecular complexity index is 612. The van der Waals surface area contributed by atoms with Crippen LogP contribution in [0.4, 0.5) is 0 Å². The fourth-order valence-corrected chi connectivity index (χ4v) is 4.06. The SMILES string of the molecule is CCNC(=NCCc1ccc(Br)s1)NCCc1csc(C)n1.I. The predicted molar refractivity (Wildman–Crippen MR) is 116 cm³/mol. The number of thiazole rings is 1. The van der Waals surface area contributed by atoms with Gasteiger partial charge in [-0.3, -0.25) is 4.99 Å². The van der Waals surface area contributed by atoms with Crippen LogP contribution in [0.5, 0.6) is 0 Å². The lowest BCUT2D eigenvalue weighted by Crippen LogP contribution is -2.38. The standard InChI is InChI=1S/C15H21BrN4S2.HI/c1-3-17-15(18-8-6-12-10-21-11(2)20-12)19-9-7-13-4-5-14(16)22-13;/h4-5,10H,3,6-9H2,1-2H3,(H2,17,18,19);1H. The summed E-state index contributed by atoms with van der Waals surface area (Å²) >= 11 is 6.96. The molecule has 0 unspecified atom stereocenters. The summed E-state index contributed by atoms with van der Waals surface area (Å²) in [6.45, 7) is 6.62. The number of rotatable bonds is 7. The maximum atomic E-state index is 4.62. The Kier molecular flexibility index (Phi) is 10.3. The van der Waals surface area contributed by atoms with Gasteiger partial charge in [0.2, 0.25) is 0 Å². The fourth-order valence-electron chi connectivity index (χ4n) is 1.94. The quantitative estimate of drug-likeness (QED) is 0.321. The molecule has 2 heterocycles. The van der Waals surface area contributed by atoms with Gasteiger partial charge >= 0.3 is 0 Å². The minimum atomic E-state index is 0. The minimum Gasteiger partial charge on any atom is -0.357 e. The number of guanidine groups is 1. The van der Waals surface area contributed by atoms with E-state index in [-0.39, 0.29) is 24.0 Å². The van der Waals surface area contributed by atoms with E-state index in [1.165, 1.54) is 8.66 Å². The summed E-state index contributed by atoms with van der Waals surface area (Å²) in [5.74, 6) is 0.880. The predicted octanol–water partition coefficient (Wildman–Crippen LogP) is 4.23. The van der Waals surface area contributed by atoms with Crippen molar-refractivity contribution in [3.63, 3.8) is 0 Å². The van der Waals surface area contributed by atoms with Gasteiger partial charge in [0.05, 0.1) is 14.5 Å². The molecule has 128 valence electrons. The second-order valence-electron chi connectivity index (χ2n) is 4.75. The topological polar surface area (TPSA) is 49.3 Å². The molecule has 2 aromatic heterocycles. The van der Waals surface area contributed by atoms with Gasteiger partial charge in [-0.25, -0.2) is 4.98 Å². The third-order valence-electron chi connectivity index (χ3n) is 2.94. The van der Waals surface area contributed by atoms with Crippen molar-refractivity contribution in [2.24, 2.45) is 4.99 Å². The van der Waals surface area contributed by atoms with Crippen molar-refractivity contribution in [2.75, 3.05) is 19.6 Å². The van der Waals surface area contributed by atoms with Crippen molar-refractivity contribution < 1.29 is 0 Å². The molecule has 0 radical (unpaired) electrons. The van der Waals surface area contributed by atoms with E-state index in [0.29, 0.717) is 0 Å². The van der Waals surface area contributed by atoms with Crippen molar-refractivity contribution in [3.8, 4) is 0 Å². The van der Waals surface area contributed by atoms with Crippen molar-refractivity contribution in [1.82, 2.24) is 15.6 Å². The number of halogens is 2. The van der Waals surface area contributed by atoms with E-state index in [2.05, 4.69) is 61.0 Å². The highest BCUT2D eigenvalue weighted by atomic mass is 127. The van der Waals surface area contributed by atoms with Gasteiger partial charge in [0.25, 0.3) is 0 Å². The first-order valence-electron chi connectivity index (χ1n) is 7.34. The van der Waals surface area contributed by atoms with Crippen LogP contribution in [-0.2, 0) is 12.8 Å². The first kappa shape index (κ1) is 20.9. The van der Waals surface area contributed by atoms with Crippen LogP contribution in [-0.4, -0.2) is 30.6 Å². The van der Waals surface area contributed by atoms with Crippen LogP contribution in [0.1, 0.15) is 22.5 Å². The molecule has 0 atom stereocenters. The van der Waals surface area contributed by atoms with Gasteiger partial charge in [-0.15, -0.1) is 46.7 Å². The molecule has 0 bridgehead atoms. The maximum Gasteiger partial charge on any atom is 0.191 e. The highest BCUT2D eigenvalue weighted by Crippen LogP contribution is 2.22. The summed E-state index contributed by atoms with van der Waals surface area (Å²) in [4.78, 5) is 10.4. The molecule has 0 spiro atoms. The molecule has 23 heavy (non-hydrogen) atoms. The minimum absolute atomic E-state index is 0. The van der Waals surface area contributed by atoms with Gasteiger partial charge in [0.15, 0.2) is 5.96 Å². The number of aliphatic imine (C=N–C) groups is 1. The molecule has 2 aromatic rings. The van der Waals surface area contributed by atoms with E-state index in [1.54, 1.807) is 22.7 Å². The second-order valence-corrected chi connectivity index (χ2v) is 8.36. The molecule has 0 aliphatic rings. The van der Waals surface area contributed by atoms with Crippen molar-refractivity contribution in [3.05, 3.63) is 36.9 Å². The molecule has 2 N–H and O–H groups in total. The number of nitrogens with zero attached hydrogens (tertiary/aromatic N) is 2. The molecular weight excluding hydrogens is 507 g/mol. The van der Waals surface area contributed by atoms with Crippen LogP contribution in [0.3, 0.4) is 0 Å². The highest BCUT2D eigenvalue weighted by molar-refractivity contribution is 14.0. The van der Waals surface area contributed by atoms with Gasteiger partial charge in [-0.05, 0) is 41.9 Å². The Morgan fingerprint density at radius 3 is 2.74 bits per heavy atom. The Morgan fingerprint density at radius 1 is 1.30 bits per heavy atom. The average Bonchev–Trinajstić information content (AvgIpc) is 3.08. The first-order valence-corrected chi connectivity index (χ1v) is 9.83. The molecule has 2 rings (SSSR count). The number of hydrogen-bond donors (Lipinski definition) is 2. The lowest BCUT2D eigenvalue weighted by Gasteiger charge is -2.10. The van der Waals surface area contributed by atoms with E-state index in [0.717, 1.165) is 49.1 Å². The average molecular weight is 529 g/mol. The van der Waals surface area contributed by atoms with Crippen LogP contribution in [0, 0.1) is 6.92 Å². The second kappa shape index (κ2) is 11.4. The molecule has 0 aromatic carbocycles. The van der Waals surface area contributed by atoms with Crippen molar-refractivity contribution >= 4 is 68.5 Å². The van der Waals surface area contributed by atoms with E-state index >= 15 is 0 Å². The monoisotopic (exact) mass is 528 g/mol. The molecule has 0 amide bonds. The van der Waals surface area contributed by atoms with Crippen molar-refractivity contribution in [1.29, 1.82) is 0 Å². The number of nitrogens with one attached hydrogen (secondary N) is 2. The Hall–Kier alpha value is -0.190. The smallest absolute Gasteiger partial charge is 0.191 e. The third kappa shape index (κ3) is 7.95. The fraction of sp³-hybridized carbons (Fsp3) is 0.467. The third-order valence-corrected chi connectivity index (χ3v) is 5.45. The normalized spacial score (nSPS) is 11.2. The lowest BCUT2D eigenvalue weighted by atomic mass is 10.3. The zero-order valence-electron chi connectivity index (χ0n) is 13.3. The number of aryl methyl sites for hydroxylation is 1. The van der Waals surface area contributed by atoms with Crippen LogP contribution < -0.4 is 10.6 Å². The van der Waals surface area contributed by atoms with E-state index in [1.807, 2.05) is 6.92 Å². The molecule has 0 saturated carbocycles. The molecule has 0 saturated heterocycles. The summed E-state index contributed by atoms with van der Waals surface area (Å²) in [6.07, 6.45) is 1.89. The summed E-state index contributed by atoms with van der Waals surface area (Å²) in [7, 11) is 0. The van der Waals surface area contributed by atoms with E-state index < -0.39 is 0 Å². The number of aromatic nitrogens is 1. The summed E-state index contributed by atoms with van der Waals surface area (Å²) in [5, 5.41) is 9.89. The van der Waals surface area contributed by atoms with Gasteiger partial charge in [0, 0.05) is 42.7 Å². The number of hydrogen-bond acceptors (Lipinski definition) is 4. The van der Waals surface area contributed by atoms with Crippen LogP contribution >= 0.6 is 62.6 Å².